The Bertz CT molecular complexity index is 834. The van der Waals surface area contributed by atoms with Crippen molar-refractivity contribution in [3.63, 3.8) is 0 Å². The van der Waals surface area contributed by atoms with Crippen LogP contribution in [0.25, 0.3) is 0 Å². The van der Waals surface area contributed by atoms with Crippen molar-refractivity contribution in [3.8, 4) is 0 Å². The Morgan fingerprint density at radius 3 is 2.42 bits per heavy atom. The van der Waals surface area contributed by atoms with E-state index >= 15 is 0 Å². The first-order valence-corrected chi connectivity index (χ1v) is 9.53. The van der Waals surface area contributed by atoms with Crippen molar-refractivity contribution < 1.29 is 9.59 Å². The van der Waals surface area contributed by atoms with Gasteiger partial charge in [0.25, 0.3) is 5.91 Å². The Kier molecular flexibility index (Phi) is 6.61. The molecular weight excluding hydrogens is 372 g/mol. The third-order valence-corrected chi connectivity index (χ3v) is 4.61. The molecule has 0 spiro atoms. The number of likely N-dealkylation sites (N-methyl/N-ethyl adjacent to an activating group) is 1. The van der Waals surface area contributed by atoms with Crippen molar-refractivity contribution in [1.29, 1.82) is 0 Å². The number of rotatable bonds is 5. The van der Waals surface area contributed by atoms with Crippen LogP contribution in [0.5, 0.6) is 0 Å². The summed E-state index contributed by atoms with van der Waals surface area (Å²) < 4.78 is 0. The standard InChI is InChI=1S/C18H21ClN4O2S/c1-10-6-11(2)15(12(3)7-10)21-14(24)9-23(4)17(25)16-13(19)8-20-18(22-16)26-5/h6-8H,9H2,1-5H3,(H,21,24). The van der Waals surface area contributed by atoms with Crippen molar-refractivity contribution in [1.82, 2.24) is 14.9 Å². The van der Waals surface area contributed by atoms with Crippen LogP contribution in [0.3, 0.4) is 0 Å². The number of hydrogen-bond donors (Lipinski definition) is 1. The van der Waals surface area contributed by atoms with Gasteiger partial charge in [-0.15, -0.1) is 0 Å². The molecule has 0 saturated carbocycles. The van der Waals surface area contributed by atoms with Gasteiger partial charge < -0.3 is 10.2 Å². The predicted octanol–water partition coefficient (Wildman–Crippen LogP) is 3.49. The van der Waals surface area contributed by atoms with Gasteiger partial charge in [-0.1, -0.05) is 41.1 Å². The Labute approximate surface area is 162 Å². The molecule has 2 amide bonds. The largest absolute Gasteiger partial charge is 0.331 e. The molecule has 2 aromatic rings. The highest BCUT2D eigenvalue weighted by atomic mass is 35.5. The van der Waals surface area contributed by atoms with E-state index in [-0.39, 0.29) is 23.2 Å². The van der Waals surface area contributed by atoms with Crippen molar-refractivity contribution in [2.45, 2.75) is 25.9 Å². The summed E-state index contributed by atoms with van der Waals surface area (Å²) in [6.45, 7) is 5.77. The van der Waals surface area contributed by atoms with Crippen LogP contribution in [-0.4, -0.2) is 46.5 Å². The van der Waals surface area contributed by atoms with Crippen molar-refractivity contribution in [2.75, 3.05) is 25.2 Å². The van der Waals surface area contributed by atoms with E-state index in [1.54, 1.807) is 6.26 Å². The van der Waals surface area contributed by atoms with Gasteiger partial charge in [-0.05, 0) is 38.2 Å². The number of anilines is 1. The minimum atomic E-state index is -0.430. The molecule has 0 aliphatic rings. The molecule has 26 heavy (non-hydrogen) atoms. The molecule has 0 aliphatic heterocycles. The number of benzene rings is 1. The molecule has 0 saturated heterocycles. The fraction of sp³-hybridized carbons (Fsp3) is 0.333. The summed E-state index contributed by atoms with van der Waals surface area (Å²) in [5.74, 6) is -0.716. The highest BCUT2D eigenvalue weighted by Gasteiger charge is 2.20. The maximum atomic E-state index is 12.6. The van der Waals surface area contributed by atoms with Crippen LogP contribution in [0.4, 0.5) is 5.69 Å². The Morgan fingerprint density at radius 2 is 1.85 bits per heavy atom. The van der Waals surface area contributed by atoms with Crippen molar-refractivity contribution in [2.24, 2.45) is 0 Å². The molecule has 0 unspecified atom stereocenters. The zero-order valence-electron chi connectivity index (χ0n) is 15.4. The average molecular weight is 393 g/mol. The number of carbonyl (C=O) groups is 2. The van der Waals surface area contributed by atoms with Crippen LogP contribution in [0.15, 0.2) is 23.5 Å². The number of nitrogens with zero attached hydrogens (tertiary/aromatic N) is 3. The van der Waals surface area contributed by atoms with Crippen LogP contribution < -0.4 is 5.32 Å². The van der Waals surface area contributed by atoms with Gasteiger partial charge in [0.05, 0.1) is 17.8 Å². The topological polar surface area (TPSA) is 75.2 Å². The molecule has 138 valence electrons. The molecule has 0 aliphatic carbocycles. The zero-order valence-corrected chi connectivity index (χ0v) is 17.0. The Morgan fingerprint density at radius 1 is 1.23 bits per heavy atom. The lowest BCUT2D eigenvalue weighted by Crippen LogP contribution is -2.35. The van der Waals surface area contributed by atoms with E-state index in [9.17, 15) is 9.59 Å². The monoisotopic (exact) mass is 392 g/mol. The second-order valence-electron chi connectivity index (χ2n) is 6.04. The van der Waals surface area contributed by atoms with E-state index in [0.717, 1.165) is 22.4 Å². The second-order valence-corrected chi connectivity index (χ2v) is 7.22. The lowest BCUT2D eigenvalue weighted by Gasteiger charge is -2.18. The van der Waals surface area contributed by atoms with Crippen LogP contribution in [0, 0.1) is 20.8 Å². The summed E-state index contributed by atoms with van der Waals surface area (Å²) in [5.41, 5.74) is 3.95. The third-order valence-electron chi connectivity index (χ3n) is 3.78. The van der Waals surface area contributed by atoms with Gasteiger partial charge in [0, 0.05) is 12.7 Å². The summed E-state index contributed by atoms with van der Waals surface area (Å²) in [6.07, 6.45) is 3.20. The number of nitrogens with one attached hydrogen (secondary N) is 1. The van der Waals surface area contributed by atoms with E-state index in [1.807, 2.05) is 32.9 Å². The Hall–Kier alpha value is -2.12. The summed E-state index contributed by atoms with van der Waals surface area (Å²) in [5, 5.41) is 3.48. The van der Waals surface area contributed by atoms with E-state index in [0.29, 0.717) is 5.16 Å². The third kappa shape index (κ3) is 4.74. The fourth-order valence-corrected chi connectivity index (χ4v) is 3.14. The molecule has 0 radical (unpaired) electrons. The first-order valence-electron chi connectivity index (χ1n) is 7.92. The molecule has 1 aromatic carbocycles. The second kappa shape index (κ2) is 8.51. The zero-order chi connectivity index (χ0) is 19.4. The molecule has 0 atom stereocenters. The van der Waals surface area contributed by atoms with Crippen LogP contribution in [-0.2, 0) is 4.79 Å². The molecule has 0 fully saturated rings. The summed E-state index contributed by atoms with van der Waals surface area (Å²) in [6, 6.07) is 4.00. The number of halogens is 1. The first-order chi connectivity index (χ1) is 12.2. The summed E-state index contributed by atoms with van der Waals surface area (Å²) >= 11 is 7.34. The molecule has 2 rings (SSSR count). The molecular formula is C18H21ClN4O2S. The molecule has 0 bridgehead atoms. The number of amides is 2. The minimum Gasteiger partial charge on any atom is -0.331 e. The number of carbonyl (C=O) groups excluding carboxylic acids is 2. The maximum absolute atomic E-state index is 12.6. The van der Waals surface area contributed by atoms with Crippen molar-refractivity contribution in [3.05, 3.63) is 45.7 Å². The lowest BCUT2D eigenvalue weighted by molar-refractivity contribution is -0.116. The van der Waals surface area contributed by atoms with Gasteiger partial charge in [0.2, 0.25) is 5.91 Å². The van der Waals surface area contributed by atoms with E-state index in [2.05, 4.69) is 15.3 Å². The quantitative estimate of drug-likeness (QED) is 0.622. The molecule has 8 heteroatoms. The van der Waals surface area contributed by atoms with E-state index in [4.69, 9.17) is 11.6 Å². The van der Waals surface area contributed by atoms with E-state index < -0.39 is 5.91 Å². The van der Waals surface area contributed by atoms with Gasteiger partial charge in [0.1, 0.15) is 0 Å². The molecule has 1 N–H and O–H groups in total. The van der Waals surface area contributed by atoms with Crippen LogP contribution >= 0.6 is 23.4 Å². The minimum absolute atomic E-state index is 0.0870. The number of hydrogen-bond acceptors (Lipinski definition) is 5. The summed E-state index contributed by atoms with van der Waals surface area (Å²) in [4.78, 5) is 34.4. The van der Waals surface area contributed by atoms with Gasteiger partial charge >= 0.3 is 0 Å². The lowest BCUT2D eigenvalue weighted by atomic mass is 10.1. The van der Waals surface area contributed by atoms with Gasteiger partial charge in [-0.3, -0.25) is 9.59 Å². The number of aromatic nitrogens is 2. The van der Waals surface area contributed by atoms with E-state index in [1.165, 1.54) is 29.9 Å². The van der Waals surface area contributed by atoms with Crippen LogP contribution in [0.2, 0.25) is 5.02 Å². The Balaban J connectivity index is 2.11. The average Bonchev–Trinajstić information content (AvgIpc) is 2.57. The van der Waals surface area contributed by atoms with Gasteiger partial charge in [0.15, 0.2) is 10.9 Å². The van der Waals surface area contributed by atoms with Crippen LogP contribution in [0.1, 0.15) is 27.2 Å². The smallest absolute Gasteiger partial charge is 0.274 e. The molecule has 6 nitrogen and oxygen atoms in total. The normalized spacial score (nSPS) is 10.5. The predicted molar refractivity (Wildman–Crippen MR) is 105 cm³/mol. The molecule has 1 aromatic heterocycles. The first kappa shape index (κ1) is 20.2. The SMILES string of the molecule is CSc1ncc(Cl)c(C(=O)N(C)CC(=O)Nc2c(C)cc(C)cc2C)n1. The maximum Gasteiger partial charge on any atom is 0.274 e. The highest BCUT2D eigenvalue weighted by Crippen LogP contribution is 2.22. The number of thioether (sulfide) groups is 1. The molecule has 1 heterocycles. The summed E-state index contributed by atoms with van der Waals surface area (Å²) in [7, 11) is 1.54. The highest BCUT2D eigenvalue weighted by molar-refractivity contribution is 7.98. The fourth-order valence-electron chi connectivity index (χ4n) is 2.62. The van der Waals surface area contributed by atoms with Gasteiger partial charge in [-0.2, -0.15) is 0 Å². The number of aryl methyl sites for hydroxylation is 3. The van der Waals surface area contributed by atoms with Crippen molar-refractivity contribution >= 4 is 40.9 Å². The van der Waals surface area contributed by atoms with Gasteiger partial charge in [-0.25, -0.2) is 9.97 Å².